The lowest BCUT2D eigenvalue weighted by molar-refractivity contribution is -0.385. The highest BCUT2D eigenvalue weighted by Gasteiger charge is 2.16. The number of H-pyrrole nitrogens is 1. The number of anilines is 1. The fourth-order valence-electron chi connectivity index (χ4n) is 1.24. The SMILES string of the molecule is O=C(Nc1ncn[nH]1)c1ccc(Br)c([N+](=O)[O-])c1. The van der Waals surface area contributed by atoms with Gasteiger partial charge in [0.1, 0.15) is 6.33 Å². The quantitative estimate of drug-likeness (QED) is 0.661. The van der Waals surface area contributed by atoms with Gasteiger partial charge in [0.05, 0.1) is 9.40 Å². The molecule has 0 atom stereocenters. The van der Waals surface area contributed by atoms with Gasteiger partial charge in [0.2, 0.25) is 5.95 Å². The van der Waals surface area contributed by atoms with Crippen LogP contribution in [0.3, 0.4) is 0 Å². The van der Waals surface area contributed by atoms with E-state index in [1.54, 1.807) is 0 Å². The van der Waals surface area contributed by atoms with Gasteiger partial charge in [-0.25, -0.2) is 5.10 Å². The van der Waals surface area contributed by atoms with Crippen molar-refractivity contribution in [2.24, 2.45) is 0 Å². The van der Waals surface area contributed by atoms with Crippen LogP contribution in [0.5, 0.6) is 0 Å². The molecule has 0 radical (unpaired) electrons. The molecule has 2 aromatic rings. The lowest BCUT2D eigenvalue weighted by Gasteiger charge is -2.02. The van der Waals surface area contributed by atoms with Crippen LogP contribution in [-0.2, 0) is 0 Å². The number of nitrogens with zero attached hydrogens (tertiary/aromatic N) is 3. The number of nitro groups is 1. The maximum Gasteiger partial charge on any atom is 0.284 e. The molecule has 0 saturated heterocycles. The summed E-state index contributed by atoms with van der Waals surface area (Å²) in [5.74, 6) is -0.340. The Morgan fingerprint density at radius 2 is 2.28 bits per heavy atom. The number of aromatic nitrogens is 3. The first-order valence-corrected chi connectivity index (χ1v) is 5.48. The topological polar surface area (TPSA) is 114 Å². The van der Waals surface area contributed by atoms with Crippen LogP contribution in [0.4, 0.5) is 11.6 Å². The zero-order valence-electron chi connectivity index (χ0n) is 8.75. The Morgan fingerprint density at radius 3 is 2.89 bits per heavy atom. The molecule has 0 aliphatic rings. The van der Waals surface area contributed by atoms with Crippen LogP contribution >= 0.6 is 15.9 Å². The molecule has 0 aliphatic heterocycles. The second kappa shape index (κ2) is 4.92. The van der Waals surface area contributed by atoms with Crippen LogP contribution < -0.4 is 5.32 Å². The number of rotatable bonds is 3. The first-order valence-electron chi connectivity index (χ1n) is 4.68. The molecule has 0 bridgehead atoms. The van der Waals surface area contributed by atoms with Crippen LogP contribution in [-0.4, -0.2) is 26.0 Å². The first-order chi connectivity index (χ1) is 8.58. The van der Waals surface area contributed by atoms with Crippen molar-refractivity contribution in [2.45, 2.75) is 0 Å². The van der Waals surface area contributed by atoms with Gasteiger partial charge < -0.3 is 0 Å². The molecule has 1 aromatic carbocycles. The third-order valence-corrected chi connectivity index (χ3v) is 2.72. The fourth-order valence-corrected chi connectivity index (χ4v) is 1.63. The molecule has 0 spiro atoms. The predicted molar refractivity (Wildman–Crippen MR) is 65.1 cm³/mol. The van der Waals surface area contributed by atoms with Gasteiger partial charge in [0, 0.05) is 11.6 Å². The van der Waals surface area contributed by atoms with E-state index < -0.39 is 10.8 Å². The summed E-state index contributed by atoms with van der Waals surface area (Å²) < 4.78 is 0.309. The van der Waals surface area contributed by atoms with Crippen LogP contribution in [0, 0.1) is 10.1 Å². The van der Waals surface area contributed by atoms with Gasteiger partial charge in [-0.05, 0) is 28.1 Å². The molecule has 9 heteroatoms. The number of amides is 1. The molecule has 2 N–H and O–H groups in total. The summed E-state index contributed by atoms with van der Waals surface area (Å²) >= 11 is 3.04. The van der Waals surface area contributed by atoms with Crippen molar-refractivity contribution in [1.29, 1.82) is 0 Å². The predicted octanol–water partition coefficient (Wildman–Crippen LogP) is 1.73. The summed E-state index contributed by atoms with van der Waals surface area (Å²) in [6.07, 6.45) is 1.24. The smallest absolute Gasteiger partial charge is 0.284 e. The zero-order chi connectivity index (χ0) is 13.1. The first kappa shape index (κ1) is 12.2. The highest BCUT2D eigenvalue weighted by Crippen LogP contribution is 2.25. The molecule has 2 rings (SSSR count). The Labute approximate surface area is 109 Å². The van der Waals surface area contributed by atoms with Crippen LogP contribution in [0.2, 0.25) is 0 Å². The van der Waals surface area contributed by atoms with E-state index in [1.165, 1.54) is 24.5 Å². The Hall–Kier alpha value is -2.29. The van der Waals surface area contributed by atoms with Gasteiger partial charge in [0.25, 0.3) is 11.6 Å². The molecular weight excluding hydrogens is 306 g/mol. The van der Waals surface area contributed by atoms with Crippen LogP contribution in [0.1, 0.15) is 10.4 Å². The van der Waals surface area contributed by atoms with Crippen LogP contribution in [0.15, 0.2) is 29.0 Å². The van der Waals surface area contributed by atoms with Gasteiger partial charge in [-0.15, -0.1) is 0 Å². The molecule has 1 heterocycles. The fraction of sp³-hybridized carbons (Fsp3) is 0. The van der Waals surface area contributed by atoms with Gasteiger partial charge >= 0.3 is 0 Å². The molecule has 1 aromatic heterocycles. The van der Waals surface area contributed by atoms with Gasteiger partial charge in [0.15, 0.2) is 0 Å². The molecule has 0 aliphatic carbocycles. The van der Waals surface area contributed by atoms with E-state index in [2.05, 4.69) is 36.4 Å². The van der Waals surface area contributed by atoms with Crippen molar-refractivity contribution in [3.8, 4) is 0 Å². The van der Waals surface area contributed by atoms with Crippen molar-refractivity contribution in [2.75, 3.05) is 5.32 Å². The number of hydrogen-bond acceptors (Lipinski definition) is 5. The van der Waals surface area contributed by atoms with E-state index in [0.717, 1.165) is 0 Å². The van der Waals surface area contributed by atoms with Crippen molar-refractivity contribution in [3.05, 3.63) is 44.7 Å². The number of carbonyl (C=O) groups is 1. The molecule has 0 saturated carbocycles. The number of halogens is 1. The average Bonchev–Trinajstić information content (AvgIpc) is 2.81. The molecule has 18 heavy (non-hydrogen) atoms. The summed E-state index contributed by atoms with van der Waals surface area (Å²) in [6, 6.07) is 4.08. The monoisotopic (exact) mass is 311 g/mol. The summed E-state index contributed by atoms with van der Waals surface area (Å²) in [4.78, 5) is 25.6. The Balaban J connectivity index is 2.26. The molecule has 92 valence electrons. The van der Waals surface area contributed by atoms with E-state index >= 15 is 0 Å². The molecule has 8 nitrogen and oxygen atoms in total. The zero-order valence-corrected chi connectivity index (χ0v) is 10.3. The minimum Gasteiger partial charge on any atom is -0.291 e. The number of benzene rings is 1. The van der Waals surface area contributed by atoms with Crippen molar-refractivity contribution < 1.29 is 9.72 Å². The van der Waals surface area contributed by atoms with Crippen molar-refractivity contribution in [3.63, 3.8) is 0 Å². The second-order valence-electron chi connectivity index (χ2n) is 3.21. The molecular formula is C9H6BrN5O3. The van der Waals surface area contributed by atoms with Crippen molar-refractivity contribution in [1.82, 2.24) is 15.2 Å². The number of aromatic amines is 1. The normalized spacial score (nSPS) is 10.1. The molecule has 0 fully saturated rings. The highest BCUT2D eigenvalue weighted by molar-refractivity contribution is 9.10. The van der Waals surface area contributed by atoms with E-state index in [4.69, 9.17) is 0 Å². The van der Waals surface area contributed by atoms with E-state index in [9.17, 15) is 14.9 Å². The summed E-state index contributed by atoms with van der Waals surface area (Å²) in [6.45, 7) is 0. The Bertz CT molecular complexity index is 598. The van der Waals surface area contributed by atoms with Gasteiger partial charge in [-0.2, -0.15) is 10.1 Å². The van der Waals surface area contributed by atoms with E-state index in [-0.39, 0.29) is 17.2 Å². The number of nitro benzene ring substituents is 1. The van der Waals surface area contributed by atoms with Gasteiger partial charge in [-0.1, -0.05) is 0 Å². The maximum atomic E-state index is 11.8. The third-order valence-electron chi connectivity index (χ3n) is 2.05. The van der Waals surface area contributed by atoms with Crippen LogP contribution in [0.25, 0.3) is 0 Å². The molecule has 1 amide bonds. The summed E-state index contributed by atoms with van der Waals surface area (Å²) in [5.41, 5.74) is -0.0264. The number of nitrogens with one attached hydrogen (secondary N) is 2. The van der Waals surface area contributed by atoms with E-state index in [0.29, 0.717) is 4.47 Å². The molecule has 0 unspecified atom stereocenters. The standard InChI is InChI=1S/C9H6BrN5O3/c10-6-2-1-5(3-7(6)15(17)18)8(16)13-9-11-4-12-14-9/h1-4H,(H2,11,12,13,14,16). The number of carbonyl (C=O) groups excluding carboxylic acids is 1. The number of hydrogen-bond donors (Lipinski definition) is 2. The Morgan fingerprint density at radius 1 is 1.50 bits per heavy atom. The second-order valence-corrected chi connectivity index (χ2v) is 4.07. The minimum atomic E-state index is -0.574. The average molecular weight is 312 g/mol. The Kier molecular flexibility index (Phi) is 3.33. The lowest BCUT2D eigenvalue weighted by Crippen LogP contribution is -2.13. The maximum absolute atomic E-state index is 11.8. The largest absolute Gasteiger partial charge is 0.291 e. The van der Waals surface area contributed by atoms with Crippen molar-refractivity contribution >= 4 is 33.5 Å². The third kappa shape index (κ3) is 2.51. The minimum absolute atomic E-state index is 0.154. The summed E-state index contributed by atoms with van der Waals surface area (Å²) in [5, 5.41) is 19.2. The van der Waals surface area contributed by atoms with Gasteiger partial charge in [-0.3, -0.25) is 20.2 Å². The summed E-state index contributed by atoms with van der Waals surface area (Å²) in [7, 11) is 0. The van der Waals surface area contributed by atoms with E-state index in [1.807, 2.05) is 0 Å². The highest BCUT2D eigenvalue weighted by atomic mass is 79.9. The lowest BCUT2D eigenvalue weighted by atomic mass is 10.2.